The summed E-state index contributed by atoms with van der Waals surface area (Å²) in [5.41, 5.74) is 1.59. The molecule has 6 nitrogen and oxygen atoms in total. The Morgan fingerprint density at radius 2 is 2.21 bits per heavy atom. The number of carbonyl (C=O) groups is 1. The van der Waals surface area contributed by atoms with Crippen molar-refractivity contribution in [2.45, 2.75) is 25.5 Å². The van der Waals surface area contributed by atoms with E-state index in [9.17, 15) is 4.79 Å². The van der Waals surface area contributed by atoms with Gasteiger partial charge in [0.15, 0.2) is 0 Å². The highest BCUT2D eigenvalue weighted by Crippen LogP contribution is 2.15. The lowest BCUT2D eigenvalue weighted by Crippen LogP contribution is -2.32. The van der Waals surface area contributed by atoms with Crippen molar-refractivity contribution in [3.63, 3.8) is 0 Å². The summed E-state index contributed by atoms with van der Waals surface area (Å²) in [6, 6.07) is 12.1. The van der Waals surface area contributed by atoms with Crippen LogP contribution in [-0.4, -0.2) is 41.9 Å². The second kappa shape index (κ2) is 8.61. The highest BCUT2D eigenvalue weighted by molar-refractivity contribution is 5.92. The minimum absolute atomic E-state index is 0.152. The van der Waals surface area contributed by atoms with Gasteiger partial charge < -0.3 is 15.4 Å². The van der Waals surface area contributed by atoms with Crippen LogP contribution < -0.4 is 10.6 Å². The second-order valence-electron chi connectivity index (χ2n) is 5.98. The third-order valence-corrected chi connectivity index (χ3v) is 4.13. The molecule has 128 valence electrons. The first-order valence-corrected chi connectivity index (χ1v) is 8.48. The lowest BCUT2D eigenvalue weighted by Gasteiger charge is -2.22. The van der Waals surface area contributed by atoms with Crippen LogP contribution >= 0.6 is 0 Å². The molecular weight excluding hydrogens is 304 g/mol. The summed E-state index contributed by atoms with van der Waals surface area (Å²) in [4.78, 5) is 12.1. The molecule has 24 heavy (non-hydrogen) atoms. The van der Waals surface area contributed by atoms with Crippen LogP contribution in [0.15, 0.2) is 42.6 Å². The van der Waals surface area contributed by atoms with Gasteiger partial charge in [-0.25, -0.2) is 0 Å². The summed E-state index contributed by atoms with van der Waals surface area (Å²) in [7, 11) is 0. The number of ether oxygens (including phenoxy) is 1. The molecule has 2 aromatic rings. The van der Waals surface area contributed by atoms with Crippen molar-refractivity contribution in [3.8, 4) is 0 Å². The first-order valence-electron chi connectivity index (χ1n) is 8.48. The molecule has 1 amide bonds. The maximum absolute atomic E-state index is 12.1. The molecule has 1 aliphatic rings. The van der Waals surface area contributed by atoms with E-state index >= 15 is 0 Å². The molecule has 0 saturated carbocycles. The quantitative estimate of drug-likeness (QED) is 0.760. The Bertz CT molecular complexity index is 635. The molecule has 0 spiro atoms. The molecule has 1 aromatic carbocycles. The van der Waals surface area contributed by atoms with Crippen LogP contribution in [0.2, 0.25) is 0 Å². The predicted molar refractivity (Wildman–Crippen MR) is 91.8 cm³/mol. The highest BCUT2D eigenvalue weighted by atomic mass is 16.5. The van der Waals surface area contributed by atoms with Crippen LogP contribution in [0.25, 0.3) is 0 Å². The number of hydrogen-bond acceptors (Lipinski definition) is 4. The summed E-state index contributed by atoms with van der Waals surface area (Å²) in [6.45, 7) is 3.49. The van der Waals surface area contributed by atoms with Crippen molar-refractivity contribution >= 4 is 5.91 Å². The Morgan fingerprint density at radius 3 is 3.00 bits per heavy atom. The van der Waals surface area contributed by atoms with Gasteiger partial charge in [0, 0.05) is 19.3 Å². The average molecular weight is 328 g/mol. The monoisotopic (exact) mass is 328 g/mol. The van der Waals surface area contributed by atoms with E-state index in [1.165, 1.54) is 0 Å². The van der Waals surface area contributed by atoms with Crippen LogP contribution in [-0.2, 0) is 11.3 Å². The van der Waals surface area contributed by atoms with Crippen molar-refractivity contribution in [2.75, 3.05) is 26.2 Å². The zero-order chi connectivity index (χ0) is 16.6. The third-order valence-electron chi connectivity index (χ3n) is 4.13. The summed E-state index contributed by atoms with van der Waals surface area (Å²) in [5.74, 6) is -0.152. The molecule has 1 saturated heterocycles. The standard InChI is InChI=1S/C18H24N4O2/c23-18(20-10-12-24-14-15-5-2-1-3-6-15)17-8-11-22(21-17)16-7-4-9-19-13-16/h1-3,5-6,8,11,16,19H,4,7,9-10,12-14H2,(H,20,23). The van der Waals surface area contributed by atoms with E-state index in [4.69, 9.17) is 4.74 Å². The smallest absolute Gasteiger partial charge is 0.271 e. The van der Waals surface area contributed by atoms with E-state index in [1.54, 1.807) is 6.07 Å². The fraction of sp³-hybridized carbons (Fsp3) is 0.444. The molecule has 2 heterocycles. The zero-order valence-electron chi connectivity index (χ0n) is 13.8. The Hall–Kier alpha value is -2.18. The van der Waals surface area contributed by atoms with Gasteiger partial charge in [-0.3, -0.25) is 9.48 Å². The number of nitrogens with one attached hydrogen (secondary N) is 2. The zero-order valence-corrected chi connectivity index (χ0v) is 13.8. The number of hydrogen-bond donors (Lipinski definition) is 2. The topological polar surface area (TPSA) is 68.2 Å². The Kier molecular flexibility index (Phi) is 5.98. The van der Waals surface area contributed by atoms with Crippen LogP contribution in [0.5, 0.6) is 0 Å². The Labute approximate surface area is 142 Å². The van der Waals surface area contributed by atoms with E-state index < -0.39 is 0 Å². The molecule has 1 unspecified atom stereocenters. The molecule has 0 aliphatic carbocycles. The Balaban J connectivity index is 1.38. The molecule has 0 radical (unpaired) electrons. The maximum atomic E-state index is 12.1. The molecule has 0 bridgehead atoms. The van der Waals surface area contributed by atoms with Crippen LogP contribution in [0.4, 0.5) is 0 Å². The first-order chi connectivity index (χ1) is 11.8. The van der Waals surface area contributed by atoms with Gasteiger partial charge in [0.25, 0.3) is 5.91 Å². The minimum Gasteiger partial charge on any atom is -0.375 e. The summed E-state index contributed by atoms with van der Waals surface area (Å²) >= 11 is 0. The number of rotatable bonds is 7. The number of carbonyl (C=O) groups excluding carboxylic acids is 1. The van der Waals surface area contributed by atoms with Gasteiger partial charge in [-0.15, -0.1) is 0 Å². The average Bonchev–Trinajstić information content (AvgIpc) is 3.13. The number of amides is 1. The number of benzene rings is 1. The lowest BCUT2D eigenvalue weighted by molar-refractivity contribution is 0.0895. The number of piperidine rings is 1. The Morgan fingerprint density at radius 1 is 1.33 bits per heavy atom. The van der Waals surface area contributed by atoms with E-state index in [2.05, 4.69) is 15.7 Å². The van der Waals surface area contributed by atoms with Crippen molar-refractivity contribution in [3.05, 3.63) is 53.9 Å². The SMILES string of the molecule is O=C(NCCOCc1ccccc1)c1ccn(C2CCCNC2)n1. The molecule has 6 heteroatoms. The highest BCUT2D eigenvalue weighted by Gasteiger charge is 2.17. The van der Waals surface area contributed by atoms with Gasteiger partial charge in [-0.1, -0.05) is 30.3 Å². The van der Waals surface area contributed by atoms with Gasteiger partial charge in [0.1, 0.15) is 5.69 Å². The van der Waals surface area contributed by atoms with Crippen LogP contribution in [0.3, 0.4) is 0 Å². The van der Waals surface area contributed by atoms with Gasteiger partial charge in [0.2, 0.25) is 0 Å². The van der Waals surface area contributed by atoms with E-state index in [-0.39, 0.29) is 5.91 Å². The van der Waals surface area contributed by atoms with Crippen molar-refractivity contribution in [1.82, 2.24) is 20.4 Å². The maximum Gasteiger partial charge on any atom is 0.271 e. The predicted octanol–water partition coefficient (Wildman–Crippen LogP) is 1.75. The molecule has 1 aromatic heterocycles. The van der Waals surface area contributed by atoms with E-state index in [1.807, 2.05) is 41.2 Å². The van der Waals surface area contributed by atoms with Crippen LogP contribution in [0.1, 0.15) is 34.9 Å². The minimum atomic E-state index is -0.152. The summed E-state index contributed by atoms with van der Waals surface area (Å²) < 4.78 is 7.45. The molecule has 1 aliphatic heterocycles. The summed E-state index contributed by atoms with van der Waals surface area (Å²) in [6.07, 6.45) is 4.13. The fourth-order valence-corrected chi connectivity index (χ4v) is 2.81. The fourth-order valence-electron chi connectivity index (χ4n) is 2.81. The lowest BCUT2D eigenvalue weighted by atomic mass is 10.1. The molecular formula is C18H24N4O2. The normalized spacial score (nSPS) is 17.6. The van der Waals surface area contributed by atoms with Gasteiger partial charge in [0.05, 0.1) is 19.3 Å². The molecule has 2 N–H and O–H groups in total. The first kappa shape index (κ1) is 16.7. The van der Waals surface area contributed by atoms with Gasteiger partial charge in [-0.2, -0.15) is 5.10 Å². The summed E-state index contributed by atoms with van der Waals surface area (Å²) in [5, 5.41) is 10.6. The van der Waals surface area contributed by atoms with Gasteiger partial charge in [-0.05, 0) is 31.0 Å². The van der Waals surface area contributed by atoms with Crippen LogP contribution in [0, 0.1) is 0 Å². The number of aromatic nitrogens is 2. The van der Waals surface area contributed by atoms with Crippen molar-refractivity contribution < 1.29 is 9.53 Å². The second-order valence-corrected chi connectivity index (χ2v) is 5.98. The molecule has 3 rings (SSSR count). The van der Waals surface area contributed by atoms with Crippen molar-refractivity contribution in [1.29, 1.82) is 0 Å². The molecule has 1 fully saturated rings. The van der Waals surface area contributed by atoms with E-state index in [0.29, 0.717) is 31.5 Å². The number of nitrogens with zero attached hydrogens (tertiary/aromatic N) is 2. The van der Waals surface area contributed by atoms with E-state index in [0.717, 1.165) is 31.5 Å². The largest absolute Gasteiger partial charge is 0.375 e. The molecule has 1 atom stereocenters. The third kappa shape index (κ3) is 4.66. The van der Waals surface area contributed by atoms with Crippen molar-refractivity contribution in [2.24, 2.45) is 0 Å². The van der Waals surface area contributed by atoms with Gasteiger partial charge >= 0.3 is 0 Å².